The molecule has 4 aromatic rings. The number of nitriles is 1. The van der Waals surface area contributed by atoms with Crippen molar-refractivity contribution < 1.29 is 4.39 Å². The van der Waals surface area contributed by atoms with Gasteiger partial charge in [0, 0.05) is 48.9 Å². The number of hydrogen-bond acceptors (Lipinski definition) is 6. The van der Waals surface area contributed by atoms with Crippen LogP contribution in [0.4, 0.5) is 10.2 Å². The fourth-order valence-corrected chi connectivity index (χ4v) is 4.39. The van der Waals surface area contributed by atoms with Crippen LogP contribution < -0.4 is 10.2 Å². The Morgan fingerprint density at radius 1 is 1.09 bits per heavy atom. The van der Waals surface area contributed by atoms with E-state index >= 15 is 0 Å². The molecule has 8 heteroatoms. The Balaban J connectivity index is 1.61. The van der Waals surface area contributed by atoms with E-state index in [9.17, 15) is 4.39 Å². The van der Waals surface area contributed by atoms with E-state index in [1.807, 2.05) is 44.6 Å². The van der Waals surface area contributed by atoms with Crippen LogP contribution in [0.2, 0.25) is 0 Å². The van der Waals surface area contributed by atoms with Crippen molar-refractivity contribution in [3.05, 3.63) is 60.2 Å². The summed E-state index contributed by atoms with van der Waals surface area (Å²) in [6, 6.07) is 12.9. The van der Waals surface area contributed by atoms with E-state index in [1.165, 1.54) is 12.1 Å². The van der Waals surface area contributed by atoms with Gasteiger partial charge in [-0.25, -0.2) is 9.37 Å². The lowest BCUT2D eigenvalue weighted by Crippen LogP contribution is -2.41. The molecule has 1 saturated heterocycles. The number of aryl methyl sites for hydroxylation is 1. The number of piperidine rings is 1. The predicted molar refractivity (Wildman–Crippen MR) is 126 cm³/mol. The molecule has 33 heavy (non-hydrogen) atoms. The molecular weight excluding hydrogens is 417 g/mol. The standard InChI is InChI=1S/C25H24FN7/c1-28-20-7-9-33(10-8-20)23-14-29-24(16-5-6-22-19(11-16)15-32(2)31-22)25(30-23)17-3-4-18(13-27)21(26)12-17/h3-6,11-12,14-15,20,28H,7-10H2,1-2H3. The van der Waals surface area contributed by atoms with Crippen LogP contribution in [0.5, 0.6) is 0 Å². The molecule has 2 aromatic carbocycles. The number of anilines is 1. The summed E-state index contributed by atoms with van der Waals surface area (Å²) in [7, 11) is 3.88. The molecule has 2 aromatic heterocycles. The smallest absolute Gasteiger partial charge is 0.147 e. The highest BCUT2D eigenvalue weighted by molar-refractivity contribution is 5.87. The highest BCUT2D eigenvalue weighted by Gasteiger charge is 2.21. The molecule has 1 N–H and O–H groups in total. The van der Waals surface area contributed by atoms with Crippen LogP contribution in [0, 0.1) is 17.1 Å². The second-order valence-corrected chi connectivity index (χ2v) is 8.36. The lowest BCUT2D eigenvalue weighted by Gasteiger charge is -2.32. The van der Waals surface area contributed by atoms with Gasteiger partial charge in [0.2, 0.25) is 0 Å². The molecule has 0 amide bonds. The molecule has 166 valence electrons. The minimum Gasteiger partial charge on any atom is -0.355 e. The Bertz CT molecular complexity index is 1360. The minimum atomic E-state index is -0.564. The highest BCUT2D eigenvalue weighted by atomic mass is 19.1. The van der Waals surface area contributed by atoms with Crippen molar-refractivity contribution in [1.29, 1.82) is 5.26 Å². The number of hydrogen-bond donors (Lipinski definition) is 1. The van der Waals surface area contributed by atoms with E-state index in [1.54, 1.807) is 16.9 Å². The van der Waals surface area contributed by atoms with Gasteiger partial charge in [-0.3, -0.25) is 9.67 Å². The van der Waals surface area contributed by atoms with E-state index in [4.69, 9.17) is 15.2 Å². The zero-order valence-corrected chi connectivity index (χ0v) is 18.6. The number of fused-ring (bicyclic) bond motifs is 1. The normalized spacial score (nSPS) is 14.5. The van der Waals surface area contributed by atoms with Crippen LogP contribution >= 0.6 is 0 Å². The van der Waals surface area contributed by atoms with Crippen molar-refractivity contribution in [1.82, 2.24) is 25.1 Å². The maximum Gasteiger partial charge on any atom is 0.147 e. The molecule has 0 atom stereocenters. The first kappa shape index (κ1) is 21.0. The summed E-state index contributed by atoms with van der Waals surface area (Å²) < 4.78 is 16.3. The van der Waals surface area contributed by atoms with Crippen molar-refractivity contribution in [2.45, 2.75) is 18.9 Å². The molecule has 1 fully saturated rings. The quantitative estimate of drug-likeness (QED) is 0.517. The van der Waals surface area contributed by atoms with Gasteiger partial charge in [0.1, 0.15) is 17.7 Å². The molecule has 1 aliphatic rings. The monoisotopic (exact) mass is 441 g/mol. The Labute approximate surface area is 191 Å². The first-order chi connectivity index (χ1) is 16.1. The summed E-state index contributed by atoms with van der Waals surface area (Å²) in [6.07, 6.45) is 5.80. The molecule has 0 spiro atoms. The fraction of sp³-hybridized carbons (Fsp3) is 0.280. The number of benzene rings is 2. The molecular formula is C25H24FN7. The van der Waals surface area contributed by atoms with Gasteiger partial charge in [-0.05, 0) is 44.2 Å². The van der Waals surface area contributed by atoms with Crippen LogP contribution in [-0.4, -0.2) is 45.9 Å². The van der Waals surface area contributed by atoms with Crippen LogP contribution in [0.15, 0.2) is 48.8 Å². The zero-order valence-electron chi connectivity index (χ0n) is 18.6. The van der Waals surface area contributed by atoms with Crippen molar-refractivity contribution in [3.63, 3.8) is 0 Å². The Kier molecular flexibility index (Phi) is 5.48. The largest absolute Gasteiger partial charge is 0.355 e. The Hall–Kier alpha value is -3.83. The van der Waals surface area contributed by atoms with Gasteiger partial charge in [-0.1, -0.05) is 12.1 Å². The van der Waals surface area contributed by atoms with Crippen LogP contribution in [0.3, 0.4) is 0 Å². The van der Waals surface area contributed by atoms with Gasteiger partial charge in [0.05, 0.1) is 28.7 Å². The van der Waals surface area contributed by atoms with Crippen LogP contribution in [0.25, 0.3) is 33.4 Å². The summed E-state index contributed by atoms with van der Waals surface area (Å²) in [5, 5.41) is 17.9. The fourth-order valence-electron chi connectivity index (χ4n) is 4.39. The first-order valence-corrected chi connectivity index (χ1v) is 11.0. The Morgan fingerprint density at radius 2 is 1.85 bits per heavy atom. The molecule has 0 radical (unpaired) electrons. The maximum atomic E-state index is 14.5. The average Bonchev–Trinajstić information content (AvgIpc) is 3.23. The van der Waals surface area contributed by atoms with Gasteiger partial charge < -0.3 is 10.2 Å². The topological polar surface area (TPSA) is 82.7 Å². The first-order valence-electron chi connectivity index (χ1n) is 11.0. The summed E-state index contributed by atoms with van der Waals surface area (Å²) in [5.41, 5.74) is 3.63. The van der Waals surface area contributed by atoms with Gasteiger partial charge >= 0.3 is 0 Å². The molecule has 3 heterocycles. The van der Waals surface area contributed by atoms with Crippen molar-refractivity contribution in [2.75, 3.05) is 25.0 Å². The summed E-state index contributed by atoms with van der Waals surface area (Å²) in [4.78, 5) is 12.0. The van der Waals surface area contributed by atoms with E-state index in [0.29, 0.717) is 23.0 Å². The van der Waals surface area contributed by atoms with E-state index in [-0.39, 0.29) is 5.56 Å². The van der Waals surface area contributed by atoms with Crippen molar-refractivity contribution in [2.24, 2.45) is 7.05 Å². The summed E-state index contributed by atoms with van der Waals surface area (Å²) >= 11 is 0. The molecule has 7 nitrogen and oxygen atoms in total. The molecule has 1 aliphatic heterocycles. The molecule has 0 saturated carbocycles. The van der Waals surface area contributed by atoms with E-state index in [2.05, 4.69) is 15.3 Å². The molecule has 0 unspecified atom stereocenters. The van der Waals surface area contributed by atoms with E-state index in [0.717, 1.165) is 48.2 Å². The summed E-state index contributed by atoms with van der Waals surface area (Å²) in [5.74, 6) is 0.209. The third-order valence-electron chi connectivity index (χ3n) is 6.24. The summed E-state index contributed by atoms with van der Waals surface area (Å²) in [6.45, 7) is 1.75. The lowest BCUT2D eigenvalue weighted by atomic mass is 10.0. The van der Waals surface area contributed by atoms with Gasteiger partial charge in [0.25, 0.3) is 0 Å². The third kappa shape index (κ3) is 4.03. The second kappa shape index (κ2) is 8.60. The highest BCUT2D eigenvalue weighted by Crippen LogP contribution is 2.33. The van der Waals surface area contributed by atoms with Gasteiger partial charge in [0.15, 0.2) is 0 Å². The second-order valence-electron chi connectivity index (χ2n) is 8.36. The molecule has 0 aliphatic carbocycles. The number of aromatic nitrogens is 4. The number of halogens is 1. The van der Waals surface area contributed by atoms with Gasteiger partial charge in [-0.15, -0.1) is 0 Å². The van der Waals surface area contributed by atoms with Crippen molar-refractivity contribution >= 4 is 16.7 Å². The molecule has 0 bridgehead atoms. The Morgan fingerprint density at radius 3 is 2.58 bits per heavy atom. The maximum absolute atomic E-state index is 14.5. The number of nitrogens with zero attached hydrogens (tertiary/aromatic N) is 6. The van der Waals surface area contributed by atoms with Crippen LogP contribution in [-0.2, 0) is 7.05 Å². The zero-order chi connectivity index (χ0) is 22.9. The number of nitrogens with one attached hydrogen (secondary N) is 1. The van der Waals surface area contributed by atoms with Gasteiger partial charge in [-0.2, -0.15) is 10.4 Å². The predicted octanol–water partition coefficient (Wildman–Crippen LogP) is 3.90. The molecule has 5 rings (SSSR count). The van der Waals surface area contributed by atoms with Crippen molar-refractivity contribution in [3.8, 4) is 28.6 Å². The minimum absolute atomic E-state index is 0.00957. The SMILES string of the molecule is CNC1CCN(c2cnc(-c3ccc4nn(C)cc4c3)c(-c3ccc(C#N)c(F)c3)n2)CC1. The lowest BCUT2D eigenvalue weighted by molar-refractivity contribution is 0.440. The average molecular weight is 442 g/mol. The number of rotatable bonds is 4. The van der Waals surface area contributed by atoms with E-state index < -0.39 is 5.82 Å². The van der Waals surface area contributed by atoms with Crippen LogP contribution in [0.1, 0.15) is 18.4 Å². The third-order valence-corrected chi connectivity index (χ3v) is 6.24.